The number of hydrogen-bond donors (Lipinski definition) is 17. The van der Waals surface area contributed by atoms with E-state index in [-0.39, 0.29) is 96.4 Å². The number of hydrogen-bond acceptors (Lipinski definition) is 24. The summed E-state index contributed by atoms with van der Waals surface area (Å²) < 4.78 is 46.9. The summed E-state index contributed by atoms with van der Waals surface area (Å²) in [6.45, 7) is 0. The largest absolute Gasteiger partial charge is 0.508 e. The van der Waals surface area contributed by atoms with Crippen molar-refractivity contribution in [2.45, 2.75) is 72.1 Å². The number of aliphatic hydroxyl groups is 4. The maximum Gasteiger partial charge on any atom is 0.305 e. The van der Waals surface area contributed by atoms with Crippen LogP contribution in [0, 0.1) is 0 Å². The molecule has 8 aromatic rings. The lowest BCUT2D eigenvalue weighted by atomic mass is 9.68. The first-order chi connectivity index (χ1) is 40.0. The van der Waals surface area contributed by atoms with E-state index in [0.717, 1.165) is 72.8 Å². The Bertz CT molecular complexity index is 4260. The number of benzene rings is 8. The Morgan fingerprint density at radius 2 is 0.690 bits per heavy atom. The van der Waals surface area contributed by atoms with Gasteiger partial charge in [0.15, 0.2) is 46.0 Å². The highest BCUT2D eigenvalue weighted by Gasteiger charge is 2.67. The lowest BCUT2D eigenvalue weighted by molar-refractivity contribution is -0.231. The molecule has 0 radical (unpaired) electrons. The molecule has 0 saturated heterocycles. The maximum absolute atomic E-state index is 13.3. The fourth-order valence-electron chi connectivity index (χ4n) is 13.3. The van der Waals surface area contributed by atoms with Gasteiger partial charge in [-0.25, -0.2) is 0 Å². The minimum absolute atomic E-state index is 0.00288. The zero-order valence-corrected chi connectivity index (χ0v) is 42.6. The molecule has 84 heavy (non-hydrogen) atoms. The van der Waals surface area contributed by atoms with E-state index in [1.54, 1.807) is 0 Å². The molecule has 24 heteroatoms. The zero-order valence-electron chi connectivity index (χ0n) is 42.6. The van der Waals surface area contributed by atoms with Crippen molar-refractivity contribution in [1.82, 2.24) is 0 Å². The summed E-state index contributed by atoms with van der Waals surface area (Å²) in [6, 6.07) is 19.1. The fraction of sp³-hybridized carbons (Fsp3) is 0.200. The number of rotatable bonds is 4. The standard InChI is InChI=1S/C60H44O24/c61-23-13-34(71)42-38(14-23)79-58(20-2-6-26(63)31(68)10-20)55(75)48(42)46-40(80-58)17-36(73)44-50-47-41(82-60(57(50)77,83-53(44)46)22-4-8-28(65)33(70)12-22)18-35(72)43-49-45-39(81-59(56(49)76,84-54(43)47)21-3-7-27(64)32(69)11-21)16-29(66)24-15-37(74)51(78-52(24)45)19-1-5-25(62)30(67)9-19/h1-14,16-18,37,48-51,55-57,61-77H,15H2/t37-,48+,49+,50+,51+,55+,56+,57+,58-,59+,60+/m0/s1. The van der Waals surface area contributed by atoms with Gasteiger partial charge in [-0.2, -0.15) is 0 Å². The van der Waals surface area contributed by atoms with Crippen LogP contribution in [0.3, 0.4) is 0 Å². The van der Waals surface area contributed by atoms with Crippen LogP contribution in [0.2, 0.25) is 0 Å². The van der Waals surface area contributed by atoms with E-state index in [2.05, 4.69) is 0 Å². The molecule has 0 spiro atoms. The second-order valence-electron chi connectivity index (χ2n) is 21.6. The third-order valence-electron chi connectivity index (χ3n) is 17.1. The summed E-state index contributed by atoms with van der Waals surface area (Å²) >= 11 is 0. The molecule has 7 aliphatic heterocycles. The van der Waals surface area contributed by atoms with Crippen molar-refractivity contribution in [2.75, 3.05) is 0 Å². The van der Waals surface area contributed by atoms with Gasteiger partial charge < -0.3 is 120 Å². The first-order valence-electron chi connectivity index (χ1n) is 25.9. The predicted octanol–water partition coefficient (Wildman–Crippen LogP) is 5.29. The number of aromatic hydroxyl groups is 13. The summed E-state index contributed by atoms with van der Waals surface area (Å²) in [5, 5.41) is 196. The van der Waals surface area contributed by atoms with Gasteiger partial charge in [0, 0.05) is 92.4 Å². The normalized spacial score (nSPS) is 27.5. The summed E-state index contributed by atoms with van der Waals surface area (Å²) in [4.78, 5) is 0. The molecule has 7 aliphatic rings. The molecule has 7 heterocycles. The van der Waals surface area contributed by atoms with E-state index in [0.29, 0.717) is 0 Å². The molecular formula is C60H44O24. The van der Waals surface area contributed by atoms with Crippen LogP contribution in [0.1, 0.15) is 85.1 Å². The van der Waals surface area contributed by atoms with E-state index in [1.165, 1.54) is 30.3 Å². The van der Waals surface area contributed by atoms with E-state index in [1.807, 2.05) is 0 Å². The third kappa shape index (κ3) is 6.43. The number of ether oxygens (including phenoxy) is 7. The van der Waals surface area contributed by atoms with Crippen LogP contribution in [0.4, 0.5) is 0 Å². The van der Waals surface area contributed by atoms with Crippen LogP contribution in [-0.2, 0) is 23.8 Å². The topological polar surface area (TPSA) is 409 Å². The molecule has 428 valence electrons. The van der Waals surface area contributed by atoms with E-state index >= 15 is 0 Å². The van der Waals surface area contributed by atoms with Crippen molar-refractivity contribution in [3.63, 3.8) is 0 Å². The van der Waals surface area contributed by atoms with Crippen LogP contribution in [-0.4, -0.2) is 111 Å². The summed E-state index contributed by atoms with van der Waals surface area (Å²) in [5.41, 5.74) is -1.58. The molecule has 0 fully saturated rings. The second-order valence-corrected chi connectivity index (χ2v) is 21.6. The van der Waals surface area contributed by atoms with E-state index in [9.17, 15) is 86.8 Å². The molecule has 0 amide bonds. The summed E-state index contributed by atoms with van der Waals surface area (Å²) in [6.07, 6.45) is -9.17. The molecule has 0 aliphatic carbocycles. The molecule has 15 rings (SSSR count). The number of aliphatic hydroxyl groups excluding tert-OH is 4. The number of phenolic OH excluding ortho intramolecular Hbond substituents is 13. The Hall–Kier alpha value is -10.4. The van der Waals surface area contributed by atoms with Crippen molar-refractivity contribution in [3.05, 3.63) is 164 Å². The minimum atomic E-state index is -2.64. The molecule has 11 atom stereocenters. The number of phenols is 13. The molecular weight excluding hydrogens is 1100 g/mol. The highest BCUT2D eigenvalue weighted by Crippen LogP contribution is 2.70. The molecule has 0 unspecified atom stereocenters. The van der Waals surface area contributed by atoms with E-state index in [4.69, 9.17) is 33.2 Å². The van der Waals surface area contributed by atoms with Crippen LogP contribution >= 0.6 is 0 Å². The van der Waals surface area contributed by atoms with Crippen molar-refractivity contribution in [3.8, 4) is 115 Å². The molecule has 6 bridgehead atoms. The van der Waals surface area contributed by atoms with Crippen LogP contribution in [0.25, 0.3) is 0 Å². The molecule has 0 aromatic heterocycles. The SMILES string of the molecule is Oc1cc(O)c2c(c1)O[C@@]1(c3ccc(O)c(O)c3)Oc3cc(O)c4c(c3[C@@H]2[C@H]1O)O[C@@]1(c2ccc(O)c(O)c2)Oc2cc(O)c3c(c2[C@@H]4[C@H]1O)O[C@@]1(c2ccc(O)c(O)c2)Oc2cc(O)c4c(c2[C@@H]3[C@H]1O)O[C@H](c1ccc(O)c(O)c1)[C@@H](O)C4. The molecule has 8 aromatic carbocycles. The van der Waals surface area contributed by atoms with Gasteiger partial charge in [-0.1, -0.05) is 6.07 Å². The lowest BCUT2D eigenvalue weighted by Gasteiger charge is -2.55. The zero-order chi connectivity index (χ0) is 58.7. The maximum atomic E-state index is 13.3. The molecule has 0 saturated carbocycles. The minimum Gasteiger partial charge on any atom is -0.508 e. The van der Waals surface area contributed by atoms with Gasteiger partial charge in [0.1, 0.15) is 93.4 Å². The van der Waals surface area contributed by atoms with Crippen molar-refractivity contribution < 1.29 is 120 Å². The van der Waals surface area contributed by atoms with Gasteiger partial charge in [-0.05, 0) is 72.3 Å². The number of fused-ring (bicyclic) bond motifs is 22. The Morgan fingerprint density at radius 1 is 0.321 bits per heavy atom. The van der Waals surface area contributed by atoms with Crippen molar-refractivity contribution in [1.29, 1.82) is 0 Å². The third-order valence-corrected chi connectivity index (χ3v) is 17.1. The van der Waals surface area contributed by atoms with E-state index < -0.39 is 152 Å². The van der Waals surface area contributed by atoms with Crippen molar-refractivity contribution in [2.24, 2.45) is 0 Å². The monoisotopic (exact) mass is 1150 g/mol. The van der Waals surface area contributed by atoms with Gasteiger partial charge in [0.05, 0.1) is 23.9 Å². The van der Waals surface area contributed by atoms with Gasteiger partial charge in [0.2, 0.25) is 0 Å². The van der Waals surface area contributed by atoms with Crippen LogP contribution in [0.15, 0.2) is 103 Å². The summed E-state index contributed by atoms with van der Waals surface area (Å²) in [7, 11) is 0. The Kier molecular flexibility index (Phi) is 10.0. The van der Waals surface area contributed by atoms with Gasteiger partial charge >= 0.3 is 17.4 Å². The van der Waals surface area contributed by atoms with Gasteiger partial charge in [0.25, 0.3) is 0 Å². The Labute approximate surface area is 469 Å². The smallest absolute Gasteiger partial charge is 0.305 e. The van der Waals surface area contributed by atoms with Gasteiger partial charge in [-0.15, -0.1) is 0 Å². The van der Waals surface area contributed by atoms with Crippen molar-refractivity contribution >= 4 is 0 Å². The fourth-order valence-corrected chi connectivity index (χ4v) is 13.3. The first kappa shape index (κ1) is 50.6. The average molecular weight is 1150 g/mol. The summed E-state index contributed by atoms with van der Waals surface area (Å²) in [5.74, 6) is -22.8. The Balaban J connectivity index is 1.01. The first-order valence-corrected chi connectivity index (χ1v) is 25.9. The highest BCUT2D eigenvalue weighted by molar-refractivity contribution is 5.76. The quantitative estimate of drug-likeness (QED) is 0.0995. The Morgan fingerprint density at radius 3 is 1.13 bits per heavy atom. The second kappa shape index (κ2) is 16.6. The van der Waals surface area contributed by atoms with Gasteiger partial charge in [-0.3, -0.25) is 0 Å². The average Bonchev–Trinajstić information content (AvgIpc) is 0.697. The molecule has 24 nitrogen and oxygen atoms in total. The predicted molar refractivity (Wildman–Crippen MR) is 279 cm³/mol. The van der Waals surface area contributed by atoms with Crippen LogP contribution in [0.5, 0.6) is 115 Å². The lowest BCUT2D eigenvalue weighted by Crippen LogP contribution is -2.60. The van der Waals surface area contributed by atoms with Crippen LogP contribution < -0.4 is 33.2 Å². The molecule has 17 N–H and O–H groups in total. The highest BCUT2D eigenvalue weighted by atomic mass is 16.7.